The standard InChI is InChI=1S/C17H16F3N3O/c18-17(19,20)12-3-1-4-13(9-12)23-15(11-5-6-11)14(10-21-23)16(24)22-7-2-8-22/h1,3-4,9-11H,2,5-8H2. The van der Waals surface area contributed by atoms with Crippen molar-refractivity contribution in [3.8, 4) is 5.69 Å². The molecular formula is C17H16F3N3O. The van der Waals surface area contributed by atoms with Gasteiger partial charge in [-0.3, -0.25) is 4.79 Å². The van der Waals surface area contributed by atoms with Crippen LogP contribution in [0, 0.1) is 0 Å². The van der Waals surface area contributed by atoms with E-state index in [-0.39, 0.29) is 11.8 Å². The highest BCUT2D eigenvalue weighted by Gasteiger charge is 2.36. The number of carbonyl (C=O) groups excluding carboxylic acids is 1. The van der Waals surface area contributed by atoms with Gasteiger partial charge in [0.1, 0.15) is 0 Å². The van der Waals surface area contributed by atoms with Crippen molar-refractivity contribution in [3.63, 3.8) is 0 Å². The molecule has 0 unspecified atom stereocenters. The molecule has 1 saturated carbocycles. The van der Waals surface area contributed by atoms with Crippen LogP contribution in [-0.2, 0) is 6.18 Å². The molecule has 0 bridgehead atoms. The molecule has 1 aromatic carbocycles. The zero-order valence-electron chi connectivity index (χ0n) is 12.9. The predicted molar refractivity (Wildman–Crippen MR) is 81.1 cm³/mol. The molecule has 4 rings (SSSR count). The monoisotopic (exact) mass is 335 g/mol. The van der Waals surface area contributed by atoms with Crippen LogP contribution in [0.3, 0.4) is 0 Å². The molecule has 0 N–H and O–H groups in total. The maximum Gasteiger partial charge on any atom is 0.416 e. The smallest absolute Gasteiger partial charge is 0.338 e. The third kappa shape index (κ3) is 2.57. The molecular weight excluding hydrogens is 319 g/mol. The molecule has 0 spiro atoms. The van der Waals surface area contributed by atoms with Crippen molar-refractivity contribution in [3.05, 3.63) is 47.3 Å². The number of amides is 1. The average molecular weight is 335 g/mol. The van der Waals surface area contributed by atoms with Crippen molar-refractivity contribution >= 4 is 5.91 Å². The highest BCUT2D eigenvalue weighted by atomic mass is 19.4. The van der Waals surface area contributed by atoms with Gasteiger partial charge in [0.25, 0.3) is 5.91 Å². The van der Waals surface area contributed by atoms with Crippen LogP contribution in [0.4, 0.5) is 13.2 Å². The number of hydrogen-bond acceptors (Lipinski definition) is 2. The lowest BCUT2D eigenvalue weighted by molar-refractivity contribution is -0.137. The topological polar surface area (TPSA) is 38.1 Å². The number of likely N-dealkylation sites (tertiary alicyclic amines) is 1. The zero-order chi connectivity index (χ0) is 16.9. The Bertz CT molecular complexity index is 789. The van der Waals surface area contributed by atoms with Gasteiger partial charge in [-0.05, 0) is 37.5 Å². The van der Waals surface area contributed by atoms with Gasteiger partial charge in [-0.1, -0.05) is 6.07 Å². The van der Waals surface area contributed by atoms with Crippen LogP contribution in [0.15, 0.2) is 30.5 Å². The first kappa shape index (κ1) is 15.2. The Morgan fingerprint density at radius 3 is 2.54 bits per heavy atom. The average Bonchev–Trinajstić information content (AvgIpc) is 3.23. The zero-order valence-corrected chi connectivity index (χ0v) is 12.9. The second-order valence-corrected chi connectivity index (χ2v) is 6.32. The van der Waals surface area contributed by atoms with Crippen LogP contribution in [0.2, 0.25) is 0 Å². The Hall–Kier alpha value is -2.31. The summed E-state index contributed by atoms with van der Waals surface area (Å²) in [6, 6.07) is 5.08. The summed E-state index contributed by atoms with van der Waals surface area (Å²) in [7, 11) is 0. The molecule has 0 radical (unpaired) electrons. The van der Waals surface area contributed by atoms with Crippen LogP contribution < -0.4 is 0 Å². The normalized spacial score (nSPS) is 17.7. The number of carbonyl (C=O) groups is 1. The number of benzene rings is 1. The van der Waals surface area contributed by atoms with Gasteiger partial charge in [-0.15, -0.1) is 0 Å². The predicted octanol–water partition coefficient (Wildman–Crippen LogP) is 3.61. The van der Waals surface area contributed by atoms with E-state index in [4.69, 9.17) is 0 Å². The second kappa shape index (κ2) is 5.36. The van der Waals surface area contributed by atoms with E-state index in [1.165, 1.54) is 16.9 Å². The van der Waals surface area contributed by atoms with Crippen LogP contribution >= 0.6 is 0 Å². The van der Waals surface area contributed by atoms with Gasteiger partial charge in [-0.25, -0.2) is 4.68 Å². The Kier molecular flexibility index (Phi) is 3.40. The SMILES string of the molecule is O=C(c1cnn(-c2cccc(C(F)(F)F)c2)c1C1CC1)N1CCC1. The van der Waals surface area contributed by atoms with E-state index in [1.807, 2.05) is 0 Å². The summed E-state index contributed by atoms with van der Waals surface area (Å²) in [5.41, 5.74) is 0.892. The van der Waals surface area contributed by atoms with Crippen LogP contribution in [0.25, 0.3) is 5.69 Å². The summed E-state index contributed by atoms with van der Waals surface area (Å²) in [4.78, 5) is 14.3. The number of hydrogen-bond donors (Lipinski definition) is 0. The molecule has 1 aromatic heterocycles. The van der Waals surface area contributed by atoms with Crippen molar-refractivity contribution in [2.45, 2.75) is 31.4 Å². The maximum absolute atomic E-state index is 13.0. The van der Waals surface area contributed by atoms with Gasteiger partial charge in [-0.2, -0.15) is 18.3 Å². The molecule has 126 valence electrons. The number of nitrogens with zero attached hydrogens (tertiary/aromatic N) is 3. The molecule has 1 amide bonds. The van der Waals surface area contributed by atoms with E-state index in [0.717, 1.165) is 50.2 Å². The second-order valence-electron chi connectivity index (χ2n) is 6.32. The van der Waals surface area contributed by atoms with Gasteiger partial charge >= 0.3 is 6.18 Å². The largest absolute Gasteiger partial charge is 0.416 e. The number of rotatable bonds is 3. The fourth-order valence-corrected chi connectivity index (χ4v) is 2.98. The van der Waals surface area contributed by atoms with E-state index in [9.17, 15) is 18.0 Å². The minimum Gasteiger partial charge on any atom is -0.338 e. The summed E-state index contributed by atoms with van der Waals surface area (Å²) in [5.74, 6) is 0.128. The first-order chi connectivity index (χ1) is 11.4. The van der Waals surface area contributed by atoms with Gasteiger partial charge in [0.2, 0.25) is 0 Å². The quantitative estimate of drug-likeness (QED) is 0.859. The van der Waals surface area contributed by atoms with E-state index in [0.29, 0.717) is 11.3 Å². The minimum atomic E-state index is -4.40. The number of aromatic nitrogens is 2. The molecule has 1 aliphatic carbocycles. The highest BCUT2D eigenvalue weighted by Crippen LogP contribution is 2.43. The molecule has 2 aromatic rings. The Morgan fingerprint density at radius 1 is 1.21 bits per heavy atom. The van der Waals surface area contributed by atoms with Crippen LogP contribution in [0.1, 0.15) is 46.8 Å². The summed E-state index contributed by atoms with van der Waals surface area (Å²) in [5, 5.41) is 4.23. The molecule has 0 atom stereocenters. The maximum atomic E-state index is 13.0. The van der Waals surface area contributed by atoms with Crippen LogP contribution in [0.5, 0.6) is 0 Å². The Labute approximate surface area is 136 Å². The Balaban J connectivity index is 1.76. The minimum absolute atomic E-state index is 0.0682. The van der Waals surface area contributed by atoms with E-state index in [2.05, 4.69) is 5.10 Å². The van der Waals surface area contributed by atoms with Crippen molar-refractivity contribution in [1.82, 2.24) is 14.7 Å². The van der Waals surface area contributed by atoms with Crippen molar-refractivity contribution in [1.29, 1.82) is 0 Å². The fraction of sp³-hybridized carbons (Fsp3) is 0.412. The van der Waals surface area contributed by atoms with E-state index in [1.54, 1.807) is 11.0 Å². The molecule has 24 heavy (non-hydrogen) atoms. The fourth-order valence-electron chi connectivity index (χ4n) is 2.98. The number of halogens is 3. The lowest BCUT2D eigenvalue weighted by Crippen LogP contribution is -2.42. The van der Waals surface area contributed by atoms with Gasteiger partial charge < -0.3 is 4.90 Å². The molecule has 1 saturated heterocycles. The molecule has 4 nitrogen and oxygen atoms in total. The molecule has 2 heterocycles. The van der Waals surface area contributed by atoms with Crippen LogP contribution in [-0.4, -0.2) is 33.7 Å². The number of alkyl halides is 3. The van der Waals surface area contributed by atoms with Gasteiger partial charge in [0.15, 0.2) is 0 Å². The lowest BCUT2D eigenvalue weighted by atomic mass is 10.1. The third-order valence-electron chi connectivity index (χ3n) is 4.56. The molecule has 2 aliphatic rings. The highest BCUT2D eigenvalue weighted by molar-refractivity contribution is 5.96. The molecule has 7 heteroatoms. The van der Waals surface area contributed by atoms with E-state index >= 15 is 0 Å². The summed E-state index contributed by atoms with van der Waals surface area (Å²) in [6.07, 6.45) is -0.0457. The summed E-state index contributed by atoms with van der Waals surface area (Å²) in [6.45, 7) is 1.47. The van der Waals surface area contributed by atoms with E-state index < -0.39 is 11.7 Å². The molecule has 2 fully saturated rings. The van der Waals surface area contributed by atoms with Gasteiger partial charge in [0, 0.05) is 19.0 Å². The summed E-state index contributed by atoms with van der Waals surface area (Å²) >= 11 is 0. The third-order valence-corrected chi connectivity index (χ3v) is 4.56. The van der Waals surface area contributed by atoms with Gasteiger partial charge in [0.05, 0.1) is 28.7 Å². The summed E-state index contributed by atoms with van der Waals surface area (Å²) < 4.78 is 40.4. The van der Waals surface area contributed by atoms with Crippen molar-refractivity contribution in [2.75, 3.05) is 13.1 Å². The Morgan fingerprint density at radius 2 is 1.96 bits per heavy atom. The van der Waals surface area contributed by atoms with Crippen molar-refractivity contribution in [2.24, 2.45) is 0 Å². The molecule has 1 aliphatic heterocycles. The van der Waals surface area contributed by atoms with Crippen molar-refractivity contribution < 1.29 is 18.0 Å². The first-order valence-corrected chi connectivity index (χ1v) is 8.00. The lowest BCUT2D eigenvalue weighted by Gasteiger charge is -2.30. The first-order valence-electron chi connectivity index (χ1n) is 8.00.